The number of aryl methyl sites for hydroxylation is 2. The monoisotopic (exact) mass is 333 g/mol. The van der Waals surface area contributed by atoms with Crippen molar-refractivity contribution in [1.82, 2.24) is 5.32 Å². The summed E-state index contributed by atoms with van der Waals surface area (Å²) in [5.74, 6) is 1.18. The van der Waals surface area contributed by atoms with E-state index in [9.17, 15) is 4.79 Å². The average molecular weight is 334 g/mol. The van der Waals surface area contributed by atoms with Crippen LogP contribution in [-0.2, 0) is 4.74 Å². The maximum atomic E-state index is 12.1. The third-order valence-electron chi connectivity index (χ3n) is 3.37. The minimum atomic E-state index is -0.156. The van der Waals surface area contributed by atoms with E-state index < -0.39 is 0 Å². The molecule has 122 valence electrons. The van der Waals surface area contributed by atoms with Crippen molar-refractivity contribution in [3.63, 3.8) is 0 Å². The van der Waals surface area contributed by atoms with Crippen LogP contribution in [0.3, 0.4) is 0 Å². The number of ether oxygens (including phenoxy) is 2. The van der Waals surface area contributed by atoms with Gasteiger partial charge in [0.15, 0.2) is 0 Å². The van der Waals surface area contributed by atoms with Crippen LogP contribution < -0.4 is 10.1 Å². The van der Waals surface area contributed by atoms with E-state index in [1.165, 1.54) is 0 Å². The molecule has 0 atom stereocenters. The van der Waals surface area contributed by atoms with Gasteiger partial charge in [-0.05, 0) is 55.3 Å². The van der Waals surface area contributed by atoms with Gasteiger partial charge in [-0.25, -0.2) is 0 Å². The van der Waals surface area contributed by atoms with Crippen LogP contribution in [0.25, 0.3) is 0 Å². The van der Waals surface area contributed by atoms with Crippen molar-refractivity contribution in [3.05, 3.63) is 58.1 Å². The highest BCUT2D eigenvalue weighted by molar-refractivity contribution is 6.31. The minimum absolute atomic E-state index is 0.156. The molecule has 0 aliphatic rings. The van der Waals surface area contributed by atoms with Crippen LogP contribution in [0.15, 0.2) is 36.4 Å². The first-order chi connectivity index (χ1) is 11.0. The van der Waals surface area contributed by atoms with Gasteiger partial charge in [0.05, 0.1) is 6.61 Å². The number of amides is 1. The zero-order chi connectivity index (χ0) is 16.8. The maximum absolute atomic E-state index is 12.1. The first kappa shape index (κ1) is 17.3. The van der Waals surface area contributed by atoms with Gasteiger partial charge in [-0.2, -0.15) is 0 Å². The van der Waals surface area contributed by atoms with Crippen LogP contribution in [0.1, 0.15) is 21.5 Å². The Balaban J connectivity index is 2.14. The molecule has 0 aromatic heterocycles. The number of rotatable bonds is 6. The van der Waals surface area contributed by atoms with Crippen molar-refractivity contribution >= 4 is 17.5 Å². The summed E-state index contributed by atoms with van der Waals surface area (Å²) >= 11 is 6.10. The predicted octanol–water partition coefficient (Wildman–Crippen LogP) is 4.13. The molecule has 0 fully saturated rings. The van der Waals surface area contributed by atoms with Crippen molar-refractivity contribution < 1.29 is 14.3 Å². The van der Waals surface area contributed by atoms with E-state index in [0.717, 1.165) is 16.9 Å². The Morgan fingerprint density at radius 2 is 1.96 bits per heavy atom. The fraction of sp³-hybridized carbons (Fsp3) is 0.278. The second kappa shape index (κ2) is 7.99. The molecule has 2 rings (SSSR count). The summed E-state index contributed by atoms with van der Waals surface area (Å²) in [5, 5.41) is 3.49. The Morgan fingerprint density at radius 3 is 2.70 bits per heavy atom. The number of halogens is 1. The molecule has 0 bridgehead atoms. The number of carbonyl (C=O) groups excluding carboxylic acids is 1. The number of nitrogens with one attached hydrogen (secondary N) is 1. The summed E-state index contributed by atoms with van der Waals surface area (Å²) in [5.41, 5.74) is 2.43. The van der Waals surface area contributed by atoms with E-state index in [1.807, 2.05) is 32.0 Å². The van der Waals surface area contributed by atoms with E-state index in [2.05, 4.69) is 5.32 Å². The normalized spacial score (nSPS) is 10.4. The van der Waals surface area contributed by atoms with Gasteiger partial charge in [0.25, 0.3) is 5.91 Å². The molecular weight excluding hydrogens is 314 g/mol. The number of hydrogen-bond acceptors (Lipinski definition) is 3. The van der Waals surface area contributed by atoms with Crippen molar-refractivity contribution in [2.24, 2.45) is 0 Å². The summed E-state index contributed by atoms with van der Waals surface area (Å²) in [7, 11) is 1.59. The summed E-state index contributed by atoms with van der Waals surface area (Å²) in [6.07, 6.45) is 0. The Labute approximate surface area is 141 Å². The lowest BCUT2D eigenvalue weighted by molar-refractivity contribution is 0.0937. The van der Waals surface area contributed by atoms with Crippen LogP contribution in [-0.4, -0.2) is 26.2 Å². The van der Waals surface area contributed by atoms with Gasteiger partial charge in [0.2, 0.25) is 0 Å². The largest absolute Gasteiger partial charge is 0.457 e. The third-order valence-corrected chi connectivity index (χ3v) is 3.78. The molecule has 2 aromatic carbocycles. The molecule has 0 heterocycles. The molecule has 1 amide bonds. The fourth-order valence-corrected chi connectivity index (χ4v) is 2.28. The highest BCUT2D eigenvalue weighted by atomic mass is 35.5. The Morgan fingerprint density at radius 1 is 1.17 bits per heavy atom. The third kappa shape index (κ3) is 4.71. The lowest BCUT2D eigenvalue weighted by Crippen LogP contribution is -2.26. The first-order valence-corrected chi connectivity index (χ1v) is 7.71. The molecule has 4 nitrogen and oxygen atoms in total. The van der Waals surface area contributed by atoms with Crippen molar-refractivity contribution in [1.29, 1.82) is 0 Å². The van der Waals surface area contributed by atoms with Crippen LogP contribution in [0.2, 0.25) is 5.02 Å². The fourth-order valence-electron chi connectivity index (χ4n) is 2.06. The molecule has 2 aromatic rings. The standard InChI is InChI=1S/C18H20ClNO3/c1-12-10-17(13(2)9-16(12)19)23-15-6-4-5-14(11-15)18(21)20-7-8-22-3/h4-6,9-11H,7-8H2,1-3H3,(H,20,21). The van der Waals surface area contributed by atoms with Crippen molar-refractivity contribution in [3.8, 4) is 11.5 Å². The van der Waals surface area contributed by atoms with Gasteiger partial charge in [-0.3, -0.25) is 4.79 Å². The summed E-state index contributed by atoms with van der Waals surface area (Å²) < 4.78 is 10.8. The quantitative estimate of drug-likeness (QED) is 0.809. The summed E-state index contributed by atoms with van der Waals surface area (Å²) in [6.45, 7) is 4.80. The highest BCUT2D eigenvalue weighted by Crippen LogP contribution is 2.30. The number of methoxy groups -OCH3 is 1. The zero-order valence-electron chi connectivity index (χ0n) is 13.5. The molecule has 0 saturated carbocycles. The Kier molecular flexibility index (Phi) is 6.02. The summed E-state index contributed by atoms with van der Waals surface area (Å²) in [6, 6.07) is 10.8. The topological polar surface area (TPSA) is 47.6 Å². The van der Waals surface area contributed by atoms with Crippen LogP contribution >= 0.6 is 11.6 Å². The van der Waals surface area contributed by atoms with E-state index in [0.29, 0.717) is 29.5 Å². The second-order valence-electron chi connectivity index (χ2n) is 5.25. The van der Waals surface area contributed by atoms with Gasteiger partial charge in [0, 0.05) is 24.2 Å². The molecule has 1 N–H and O–H groups in total. The second-order valence-corrected chi connectivity index (χ2v) is 5.65. The van der Waals surface area contributed by atoms with Crippen molar-refractivity contribution in [2.45, 2.75) is 13.8 Å². The van der Waals surface area contributed by atoms with E-state index in [1.54, 1.807) is 25.3 Å². The molecule has 0 unspecified atom stereocenters. The van der Waals surface area contributed by atoms with E-state index in [-0.39, 0.29) is 5.91 Å². The molecule has 23 heavy (non-hydrogen) atoms. The minimum Gasteiger partial charge on any atom is -0.457 e. The van der Waals surface area contributed by atoms with Gasteiger partial charge in [-0.1, -0.05) is 17.7 Å². The number of benzene rings is 2. The molecule has 0 spiro atoms. The smallest absolute Gasteiger partial charge is 0.251 e. The van der Waals surface area contributed by atoms with Crippen LogP contribution in [0.5, 0.6) is 11.5 Å². The molecule has 0 radical (unpaired) electrons. The van der Waals surface area contributed by atoms with Gasteiger partial charge in [-0.15, -0.1) is 0 Å². The zero-order valence-corrected chi connectivity index (χ0v) is 14.2. The van der Waals surface area contributed by atoms with Gasteiger partial charge in [0.1, 0.15) is 11.5 Å². The van der Waals surface area contributed by atoms with Crippen LogP contribution in [0.4, 0.5) is 0 Å². The SMILES string of the molecule is COCCNC(=O)c1cccc(Oc2cc(C)c(Cl)cc2C)c1. The maximum Gasteiger partial charge on any atom is 0.251 e. The van der Waals surface area contributed by atoms with Gasteiger partial charge >= 0.3 is 0 Å². The Hall–Kier alpha value is -2.04. The van der Waals surface area contributed by atoms with Gasteiger partial charge < -0.3 is 14.8 Å². The number of hydrogen-bond donors (Lipinski definition) is 1. The lowest BCUT2D eigenvalue weighted by atomic mass is 10.1. The lowest BCUT2D eigenvalue weighted by Gasteiger charge is -2.12. The molecule has 0 saturated heterocycles. The van der Waals surface area contributed by atoms with Crippen LogP contribution in [0, 0.1) is 13.8 Å². The van der Waals surface area contributed by atoms with Crippen molar-refractivity contribution in [2.75, 3.05) is 20.3 Å². The average Bonchev–Trinajstić information content (AvgIpc) is 2.53. The number of carbonyl (C=O) groups is 1. The Bertz CT molecular complexity index is 701. The highest BCUT2D eigenvalue weighted by Gasteiger charge is 2.09. The summed E-state index contributed by atoms with van der Waals surface area (Å²) in [4.78, 5) is 12.1. The molecule has 5 heteroatoms. The van der Waals surface area contributed by atoms with E-state index in [4.69, 9.17) is 21.1 Å². The first-order valence-electron chi connectivity index (χ1n) is 7.33. The van der Waals surface area contributed by atoms with E-state index >= 15 is 0 Å². The molecular formula is C18H20ClNO3. The molecule has 0 aliphatic heterocycles. The molecule has 0 aliphatic carbocycles. The predicted molar refractivity (Wildman–Crippen MR) is 91.7 cm³/mol.